The molecule has 0 fully saturated rings. The third-order valence-electron chi connectivity index (χ3n) is 5.14. The van der Waals surface area contributed by atoms with Gasteiger partial charge in [0, 0.05) is 23.2 Å². The van der Waals surface area contributed by atoms with Crippen molar-refractivity contribution in [3.63, 3.8) is 0 Å². The van der Waals surface area contributed by atoms with Gasteiger partial charge in [0.05, 0.1) is 24.1 Å². The average molecular weight is 442 g/mol. The number of amides is 1. The molecule has 156 valence electrons. The molecule has 2 aromatic carbocycles. The molecule has 0 bridgehead atoms. The molecule has 3 aromatic rings. The molecule has 0 unspecified atom stereocenters. The molecule has 30 heavy (non-hydrogen) atoms. The molecular weight excluding hydrogens is 418 g/mol. The predicted molar refractivity (Wildman–Crippen MR) is 122 cm³/mol. The Morgan fingerprint density at radius 1 is 1.20 bits per heavy atom. The molecule has 1 aliphatic heterocycles. The van der Waals surface area contributed by atoms with Crippen molar-refractivity contribution in [3.8, 4) is 11.3 Å². The maximum absolute atomic E-state index is 12.4. The number of nitrogens with one attached hydrogen (secondary N) is 1. The third-order valence-corrected chi connectivity index (χ3v) is 7.17. The van der Waals surface area contributed by atoms with Crippen molar-refractivity contribution >= 4 is 38.6 Å². The van der Waals surface area contributed by atoms with Gasteiger partial charge in [0.15, 0.2) is 0 Å². The molecule has 1 N–H and O–H groups in total. The molecule has 1 aliphatic rings. The van der Waals surface area contributed by atoms with Crippen LogP contribution in [0.2, 0.25) is 0 Å². The van der Waals surface area contributed by atoms with Crippen LogP contribution in [0.5, 0.6) is 0 Å². The van der Waals surface area contributed by atoms with Crippen molar-refractivity contribution in [1.29, 1.82) is 0 Å². The number of rotatable bonds is 6. The van der Waals surface area contributed by atoms with Gasteiger partial charge in [-0.1, -0.05) is 25.1 Å². The van der Waals surface area contributed by atoms with Gasteiger partial charge in [-0.3, -0.25) is 9.10 Å². The highest BCUT2D eigenvalue weighted by atomic mass is 32.2. The number of fused-ring (bicyclic) bond motifs is 1. The second-order valence-corrected chi connectivity index (χ2v) is 10.2. The summed E-state index contributed by atoms with van der Waals surface area (Å²) in [6, 6.07) is 13.6. The number of hydrogen-bond acceptors (Lipinski definition) is 5. The van der Waals surface area contributed by atoms with Crippen LogP contribution in [0.3, 0.4) is 0 Å². The summed E-state index contributed by atoms with van der Waals surface area (Å²) in [6.45, 7) is 2.57. The lowest BCUT2D eigenvalue weighted by Crippen LogP contribution is -2.27. The molecule has 4 rings (SSSR count). The third kappa shape index (κ3) is 4.39. The van der Waals surface area contributed by atoms with Crippen molar-refractivity contribution < 1.29 is 13.2 Å². The van der Waals surface area contributed by atoms with Gasteiger partial charge in [-0.2, -0.15) is 0 Å². The van der Waals surface area contributed by atoms with Gasteiger partial charge in [-0.05, 0) is 48.2 Å². The summed E-state index contributed by atoms with van der Waals surface area (Å²) < 4.78 is 25.2. The van der Waals surface area contributed by atoms with Crippen molar-refractivity contribution in [3.05, 3.63) is 64.0 Å². The zero-order valence-electron chi connectivity index (χ0n) is 16.9. The van der Waals surface area contributed by atoms with Crippen LogP contribution in [0.1, 0.15) is 23.1 Å². The monoisotopic (exact) mass is 441 g/mol. The number of anilines is 2. The van der Waals surface area contributed by atoms with Gasteiger partial charge in [-0.15, -0.1) is 11.3 Å². The number of carbonyl (C=O) groups is 1. The molecule has 0 aliphatic carbocycles. The number of carbonyl (C=O) groups excluding carboxylic acids is 1. The minimum absolute atomic E-state index is 0.0992. The van der Waals surface area contributed by atoms with Crippen molar-refractivity contribution in [2.24, 2.45) is 0 Å². The van der Waals surface area contributed by atoms with Gasteiger partial charge in [0.25, 0.3) is 0 Å². The van der Waals surface area contributed by atoms with Crippen LogP contribution >= 0.6 is 11.3 Å². The molecule has 0 saturated heterocycles. The van der Waals surface area contributed by atoms with E-state index in [1.54, 1.807) is 0 Å². The molecular formula is C22H23N3O3S2. The van der Waals surface area contributed by atoms with Crippen LogP contribution in [-0.4, -0.2) is 32.1 Å². The molecule has 8 heteroatoms. The first-order valence-corrected chi connectivity index (χ1v) is 12.5. The quantitative estimate of drug-likeness (QED) is 0.630. The Labute approximate surface area is 180 Å². The summed E-state index contributed by atoms with van der Waals surface area (Å²) in [5, 5.41) is 5.58. The van der Waals surface area contributed by atoms with Crippen molar-refractivity contribution in [2.75, 3.05) is 22.4 Å². The Bertz CT molecular complexity index is 1180. The van der Waals surface area contributed by atoms with E-state index in [1.807, 2.05) is 47.8 Å². The predicted octanol–water partition coefficient (Wildman–Crippen LogP) is 3.88. The van der Waals surface area contributed by atoms with E-state index >= 15 is 0 Å². The fourth-order valence-corrected chi connectivity index (χ4v) is 5.33. The summed E-state index contributed by atoms with van der Waals surface area (Å²) in [7, 11) is -3.26. The second-order valence-electron chi connectivity index (χ2n) is 7.33. The van der Waals surface area contributed by atoms with E-state index in [4.69, 9.17) is 0 Å². The van der Waals surface area contributed by atoms with Crippen LogP contribution in [0.15, 0.2) is 47.8 Å². The summed E-state index contributed by atoms with van der Waals surface area (Å²) in [5.74, 6) is -0.0992. The fraction of sp³-hybridized carbons (Fsp3) is 0.273. The Morgan fingerprint density at radius 3 is 2.67 bits per heavy atom. The maximum atomic E-state index is 12.4. The number of aromatic nitrogens is 1. The van der Waals surface area contributed by atoms with Crippen LogP contribution < -0.4 is 9.62 Å². The first kappa shape index (κ1) is 20.6. The Morgan fingerprint density at radius 2 is 1.97 bits per heavy atom. The Hall–Kier alpha value is -2.71. The minimum Gasteiger partial charge on any atom is -0.326 e. The lowest BCUT2D eigenvalue weighted by molar-refractivity contribution is -0.115. The largest absolute Gasteiger partial charge is 0.326 e. The number of nitrogens with zero attached hydrogens (tertiary/aromatic N) is 2. The number of aryl methyl sites for hydroxylation is 1. The maximum Gasteiger partial charge on any atom is 0.232 e. The highest BCUT2D eigenvalue weighted by Gasteiger charge is 2.26. The minimum atomic E-state index is -3.26. The van der Waals surface area contributed by atoms with E-state index in [1.165, 1.54) is 27.5 Å². The molecule has 2 heterocycles. The van der Waals surface area contributed by atoms with Gasteiger partial charge in [0.2, 0.25) is 15.9 Å². The van der Waals surface area contributed by atoms with E-state index < -0.39 is 10.0 Å². The summed E-state index contributed by atoms with van der Waals surface area (Å²) in [5.41, 5.74) is 5.48. The van der Waals surface area contributed by atoms with E-state index in [0.29, 0.717) is 13.0 Å². The number of sulfonamides is 1. The van der Waals surface area contributed by atoms with Crippen molar-refractivity contribution in [1.82, 2.24) is 4.98 Å². The van der Waals surface area contributed by atoms with Gasteiger partial charge in [0.1, 0.15) is 5.01 Å². The summed E-state index contributed by atoms with van der Waals surface area (Å²) >= 11 is 1.45. The van der Waals surface area contributed by atoms with E-state index in [9.17, 15) is 13.2 Å². The van der Waals surface area contributed by atoms with E-state index in [-0.39, 0.29) is 12.3 Å². The van der Waals surface area contributed by atoms with Gasteiger partial charge >= 0.3 is 0 Å². The van der Waals surface area contributed by atoms with Crippen LogP contribution in [-0.2, 0) is 34.1 Å². The molecule has 0 radical (unpaired) electrons. The van der Waals surface area contributed by atoms with Gasteiger partial charge in [-0.25, -0.2) is 13.4 Å². The average Bonchev–Trinajstić information content (AvgIpc) is 3.34. The van der Waals surface area contributed by atoms with Gasteiger partial charge < -0.3 is 5.32 Å². The Kier molecular flexibility index (Phi) is 5.62. The molecule has 0 saturated carbocycles. The standard InChI is InChI=1S/C22H23N3O3S2/c1-3-15-4-7-18(8-5-15)23-21(26)13-22-24-19(14-29-22)16-6-9-20-17(12-16)10-11-25(20)30(2,27)28/h4-9,12,14H,3,10-11,13H2,1-2H3,(H,23,26). The lowest BCUT2D eigenvalue weighted by atomic mass is 10.1. The number of thiazole rings is 1. The molecule has 0 spiro atoms. The second kappa shape index (κ2) is 8.20. The molecule has 1 aromatic heterocycles. The summed E-state index contributed by atoms with van der Waals surface area (Å²) in [4.78, 5) is 17.0. The number of hydrogen-bond donors (Lipinski definition) is 1. The SMILES string of the molecule is CCc1ccc(NC(=O)Cc2nc(-c3ccc4c(c3)CCN4S(C)(=O)=O)cs2)cc1. The highest BCUT2D eigenvalue weighted by Crippen LogP contribution is 2.34. The Balaban J connectivity index is 1.44. The molecule has 6 nitrogen and oxygen atoms in total. The van der Waals surface area contributed by atoms with E-state index in [0.717, 1.165) is 39.6 Å². The first-order valence-electron chi connectivity index (χ1n) is 9.77. The van der Waals surface area contributed by atoms with Crippen LogP contribution in [0.25, 0.3) is 11.3 Å². The molecule has 1 amide bonds. The normalized spacial score (nSPS) is 13.3. The van der Waals surface area contributed by atoms with E-state index in [2.05, 4.69) is 17.2 Å². The van der Waals surface area contributed by atoms with Crippen LogP contribution in [0, 0.1) is 0 Å². The lowest BCUT2D eigenvalue weighted by Gasteiger charge is -2.16. The van der Waals surface area contributed by atoms with Crippen LogP contribution in [0.4, 0.5) is 11.4 Å². The topological polar surface area (TPSA) is 79.4 Å². The molecule has 0 atom stereocenters. The fourth-order valence-electron chi connectivity index (χ4n) is 3.57. The zero-order valence-corrected chi connectivity index (χ0v) is 18.5. The zero-order chi connectivity index (χ0) is 21.3. The van der Waals surface area contributed by atoms with Crippen molar-refractivity contribution in [2.45, 2.75) is 26.2 Å². The first-order chi connectivity index (χ1) is 14.3. The number of benzene rings is 2. The highest BCUT2D eigenvalue weighted by molar-refractivity contribution is 7.92. The smallest absolute Gasteiger partial charge is 0.232 e. The summed E-state index contributed by atoms with van der Waals surface area (Å²) in [6.07, 6.45) is 3.09.